The van der Waals surface area contributed by atoms with Gasteiger partial charge in [0.1, 0.15) is 10.8 Å². The smallest absolute Gasteiger partial charge is 0.340 e. The Morgan fingerprint density at radius 2 is 1.70 bits per heavy atom. The molecule has 0 bridgehead atoms. The van der Waals surface area contributed by atoms with Crippen molar-refractivity contribution in [2.24, 2.45) is 0 Å². The minimum atomic E-state index is -0.414. The average Bonchev–Trinajstić information content (AvgIpc) is 3.12. The molecule has 27 heavy (non-hydrogen) atoms. The average molecular weight is 399 g/mol. The van der Waals surface area contributed by atoms with Crippen LogP contribution in [0.2, 0.25) is 0 Å². The molecule has 0 aliphatic carbocycles. The van der Waals surface area contributed by atoms with Crippen molar-refractivity contribution in [3.63, 3.8) is 0 Å². The molecule has 2 N–H and O–H groups in total. The van der Waals surface area contributed by atoms with Gasteiger partial charge in [-0.3, -0.25) is 0 Å². The van der Waals surface area contributed by atoms with Crippen LogP contribution < -0.4 is 15.4 Å². The quantitative estimate of drug-likeness (QED) is 0.465. The van der Waals surface area contributed by atoms with Gasteiger partial charge < -0.3 is 20.1 Å². The number of thiocarbonyl (C=S) groups is 1. The topological polar surface area (TPSA) is 59.6 Å². The molecule has 138 valence electrons. The Labute approximate surface area is 166 Å². The molecule has 5 nitrogen and oxygen atoms in total. The molecule has 0 saturated carbocycles. The number of thiophene rings is 1. The van der Waals surface area contributed by atoms with E-state index in [9.17, 15) is 4.79 Å². The number of esters is 1. The van der Waals surface area contributed by atoms with Gasteiger partial charge in [-0.2, -0.15) is 0 Å². The minimum Gasteiger partial charge on any atom is -0.497 e. The van der Waals surface area contributed by atoms with Gasteiger partial charge in [-0.15, -0.1) is 11.3 Å². The number of carbonyl (C=O) groups excluding carboxylic acids is 1. The van der Waals surface area contributed by atoms with Crippen molar-refractivity contribution in [2.45, 2.75) is 0 Å². The maximum atomic E-state index is 12.2. The summed E-state index contributed by atoms with van der Waals surface area (Å²) >= 11 is 6.83. The first-order chi connectivity index (χ1) is 13.1. The highest BCUT2D eigenvalue weighted by atomic mass is 32.1. The molecule has 7 heteroatoms. The molecule has 3 rings (SSSR count). The first-order valence-corrected chi connectivity index (χ1v) is 9.33. The highest BCUT2D eigenvalue weighted by Crippen LogP contribution is 2.36. The molecule has 0 aliphatic heterocycles. The standard InChI is InChI=1S/C20H18N2O3S2/c1-24-15-10-8-14(9-11-15)21-20(26)22-18-16(19(23)25-2)12-17(27-18)13-6-4-3-5-7-13/h3-12H,1-2H3,(H2,21,22,26). The lowest BCUT2D eigenvalue weighted by Gasteiger charge is -2.10. The van der Waals surface area contributed by atoms with Gasteiger partial charge in [0.25, 0.3) is 0 Å². The van der Waals surface area contributed by atoms with E-state index in [1.807, 2.05) is 60.7 Å². The van der Waals surface area contributed by atoms with Crippen LogP contribution in [-0.4, -0.2) is 25.3 Å². The predicted molar refractivity (Wildman–Crippen MR) is 114 cm³/mol. The number of ether oxygens (including phenoxy) is 2. The van der Waals surface area contributed by atoms with Gasteiger partial charge in [0.05, 0.1) is 19.8 Å². The Bertz CT molecular complexity index is 938. The summed E-state index contributed by atoms with van der Waals surface area (Å²) in [5, 5.41) is 7.21. The van der Waals surface area contributed by atoms with Gasteiger partial charge in [0.15, 0.2) is 5.11 Å². The molecule has 0 amide bonds. The van der Waals surface area contributed by atoms with E-state index in [1.165, 1.54) is 18.4 Å². The molecule has 0 unspecified atom stereocenters. The van der Waals surface area contributed by atoms with Gasteiger partial charge in [-0.05, 0) is 48.1 Å². The van der Waals surface area contributed by atoms with Crippen LogP contribution in [0.5, 0.6) is 5.75 Å². The fraction of sp³-hybridized carbons (Fsp3) is 0.100. The lowest BCUT2D eigenvalue weighted by atomic mass is 10.1. The van der Waals surface area contributed by atoms with Crippen molar-refractivity contribution < 1.29 is 14.3 Å². The molecule has 0 fully saturated rings. The van der Waals surface area contributed by atoms with Crippen molar-refractivity contribution in [2.75, 3.05) is 24.9 Å². The summed E-state index contributed by atoms with van der Waals surface area (Å²) in [4.78, 5) is 13.1. The van der Waals surface area contributed by atoms with Crippen LogP contribution in [-0.2, 0) is 4.74 Å². The van der Waals surface area contributed by atoms with Crippen molar-refractivity contribution in [3.05, 3.63) is 66.2 Å². The zero-order valence-corrected chi connectivity index (χ0v) is 16.4. The summed E-state index contributed by atoms with van der Waals surface area (Å²) in [6.45, 7) is 0. The number of hydrogen-bond acceptors (Lipinski definition) is 5. The maximum absolute atomic E-state index is 12.2. The lowest BCUT2D eigenvalue weighted by Crippen LogP contribution is -2.19. The molecule has 1 aromatic heterocycles. The van der Waals surface area contributed by atoms with Crippen LogP contribution >= 0.6 is 23.6 Å². The second-order valence-electron chi connectivity index (χ2n) is 5.52. The first-order valence-electron chi connectivity index (χ1n) is 8.10. The van der Waals surface area contributed by atoms with Crippen molar-refractivity contribution in [1.29, 1.82) is 0 Å². The van der Waals surface area contributed by atoms with Crippen LogP contribution in [0.3, 0.4) is 0 Å². The van der Waals surface area contributed by atoms with Crippen molar-refractivity contribution >= 4 is 45.3 Å². The molecule has 2 aromatic carbocycles. The monoisotopic (exact) mass is 398 g/mol. The Morgan fingerprint density at radius 3 is 2.33 bits per heavy atom. The van der Waals surface area contributed by atoms with Crippen molar-refractivity contribution in [3.8, 4) is 16.2 Å². The van der Waals surface area contributed by atoms with E-state index in [0.717, 1.165) is 21.9 Å². The zero-order chi connectivity index (χ0) is 19.2. The van der Waals surface area contributed by atoms with Gasteiger partial charge in [-0.25, -0.2) is 4.79 Å². The largest absolute Gasteiger partial charge is 0.497 e. The van der Waals surface area contributed by atoms with E-state index < -0.39 is 5.97 Å². The second kappa shape index (κ2) is 8.66. The predicted octanol–water partition coefficient (Wildman–Crippen LogP) is 5.02. The molecule has 3 aromatic rings. The third-order valence-electron chi connectivity index (χ3n) is 3.77. The normalized spacial score (nSPS) is 10.1. The Balaban J connectivity index is 1.80. The van der Waals surface area contributed by atoms with Gasteiger partial charge in [-0.1, -0.05) is 30.3 Å². The van der Waals surface area contributed by atoms with E-state index in [-0.39, 0.29) is 0 Å². The summed E-state index contributed by atoms with van der Waals surface area (Å²) < 4.78 is 10.0. The molecular formula is C20H18N2O3S2. The van der Waals surface area contributed by atoms with Crippen LogP contribution in [0, 0.1) is 0 Å². The summed E-state index contributed by atoms with van der Waals surface area (Å²) in [5.41, 5.74) is 2.28. The van der Waals surface area contributed by atoms with Gasteiger partial charge in [0, 0.05) is 10.6 Å². The minimum absolute atomic E-state index is 0.381. The number of benzene rings is 2. The Kier molecular flexibility index (Phi) is 6.05. The third kappa shape index (κ3) is 4.64. The van der Waals surface area contributed by atoms with E-state index in [0.29, 0.717) is 15.7 Å². The molecule has 0 atom stereocenters. The number of carbonyl (C=O) groups is 1. The van der Waals surface area contributed by atoms with E-state index in [4.69, 9.17) is 21.7 Å². The fourth-order valence-corrected chi connectivity index (χ4v) is 3.77. The summed E-state index contributed by atoms with van der Waals surface area (Å²) in [5.74, 6) is 0.348. The summed E-state index contributed by atoms with van der Waals surface area (Å²) in [6, 6.07) is 19.0. The van der Waals surface area contributed by atoms with Crippen LogP contribution in [0.25, 0.3) is 10.4 Å². The van der Waals surface area contributed by atoms with Crippen LogP contribution in [0.15, 0.2) is 60.7 Å². The number of rotatable bonds is 5. The van der Waals surface area contributed by atoms with Gasteiger partial charge in [0.2, 0.25) is 0 Å². The molecule has 0 aliphatic rings. The first kappa shape index (κ1) is 18.9. The number of methoxy groups -OCH3 is 2. The molecular weight excluding hydrogens is 380 g/mol. The van der Waals surface area contributed by atoms with Crippen LogP contribution in [0.1, 0.15) is 10.4 Å². The molecule has 0 radical (unpaired) electrons. The number of hydrogen-bond donors (Lipinski definition) is 2. The maximum Gasteiger partial charge on any atom is 0.340 e. The summed E-state index contributed by atoms with van der Waals surface area (Å²) in [7, 11) is 2.98. The number of nitrogens with one attached hydrogen (secondary N) is 2. The molecule has 0 spiro atoms. The highest BCUT2D eigenvalue weighted by molar-refractivity contribution is 7.80. The van der Waals surface area contributed by atoms with E-state index in [2.05, 4.69) is 10.6 Å². The number of anilines is 2. The SMILES string of the molecule is COC(=O)c1cc(-c2ccccc2)sc1NC(=S)Nc1ccc(OC)cc1. The lowest BCUT2D eigenvalue weighted by molar-refractivity contribution is 0.0602. The zero-order valence-electron chi connectivity index (χ0n) is 14.8. The third-order valence-corrected chi connectivity index (χ3v) is 5.07. The fourth-order valence-electron chi connectivity index (χ4n) is 2.43. The van der Waals surface area contributed by atoms with Crippen LogP contribution in [0.4, 0.5) is 10.7 Å². The molecule has 1 heterocycles. The van der Waals surface area contributed by atoms with Gasteiger partial charge >= 0.3 is 5.97 Å². The second-order valence-corrected chi connectivity index (χ2v) is 6.98. The Hall–Kier alpha value is -2.90. The Morgan fingerprint density at radius 1 is 1.00 bits per heavy atom. The summed E-state index contributed by atoms with van der Waals surface area (Å²) in [6.07, 6.45) is 0. The molecule has 0 saturated heterocycles. The van der Waals surface area contributed by atoms with E-state index in [1.54, 1.807) is 7.11 Å². The van der Waals surface area contributed by atoms with Crippen molar-refractivity contribution in [1.82, 2.24) is 0 Å². The highest BCUT2D eigenvalue weighted by Gasteiger charge is 2.18. The van der Waals surface area contributed by atoms with E-state index >= 15 is 0 Å².